The summed E-state index contributed by atoms with van der Waals surface area (Å²) in [5.41, 5.74) is 0. The molecule has 1 saturated heterocycles. The fraction of sp³-hybridized carbons (Fsp3) is 1.00. The van der Waals surface area contributed by atoms with Crippen molar-refractivity contribution in [2.24, 2.45) is 0 Å². The number of rotatable bonds is 15. The van der Waals surface area contributed by atoms with Crippen molar-refractivity contribution in [1.29, 1.82) is 0 Å². The number of hydrogen-bond donors (Lipinski definition) is 0. The van der Waals surface area contributed by atoms with Gasteiger partial charge in [0.1, 0.15) is 0 Å². The average molecular weight is 332 g/mol. The van der Waals surface area contributed by atoms with Crippen LogP contribution >= 0.6 is 23.5 Å². The van der Waals surface area contributed by atoms with E-state index in [9.17, 15) is 0 Å². The van der Waals surface area contributed by atoms with E-state index >= 15 is 0 Å². The summed E-state index contributed by atoms with van der Waals surface area (Å²) in [5.74, 6) is 5.44. The highest BCUT2D eigenvalue weighted by Crippen LogP contribution is 2.15. The summed E-state index contributed by atoms with van der Waals surface area (Å²) in [5, 5.41) is 0. The summed E-state index contributed by atoms with van der Waals surface area (Å²) in [6, 6.07) is 0. The van der Waals surface area contributed by atoms with Gasteiger partial charge in [-0.1, -0.05) is 58.3 Å². The monoisotopic (exact) mass is 331 g/mol. The quantitative estimate of drug-likeness (QED) is 0.337. The smallest absolute Gasteiger partial charge is 0.0445 e. The van der Waals surface area contributed by atoms with E-state index in [0.29, 0.717) is 0 Å². The summed E-state index contributed by atoms with van der Waals surface area (Å²) in [4.78, 5) is 2.61. The van der Waals surface area contributed by atoms with Gasteiger partial charge in [0.25, 0.3) is 0 Å². The van der Waals surface area contributed by atoms with Crippen molar-refractivity contribution in [2.75, 3.05) is 36.2 Å². The van der Waals surface area contributed by atoms with Crippen molar-refractivity contribution in [3.05, 3.63) is 0 Å². The van der Waals surface area contributed by atoms with E-state index in [4.69, 9.17) is 0 Å². The Morgan fingerprint density at radius 3 is 2.05 bits per heavy atom. The van der Waals surface area contributed by atoms with E-state index < -0.39 is 0 Å². The van der Waals surface area contributed by atoms with Crippen LogP contribution in [-0.2, 0) is 0 Å². The molecule has 0 atom stereocenters. The third-order valence-electron chi connectivity index (χ3n) is 4.23. The van der Waals surface area contributed by atoms with E-state index in [1.54, 1.807) is 0 Å². The molecule has 0 N–H and O–H groups in total. The Hall–Kier alpha value is 0.660. The summed E-state index contributed by atoms with van der Waals surface area (Å²) in [6.45, 7) is 4.97. The molecule has 0 aliphatic carbocycles. The van der Waals surface area contributed by atoms with Crippen molar-refractivity contribution in [1.82, 2.24) is 4.90 Å². The van der Waals surface area contributed by atoms with Gasteiger partial charge in [0.05, 0.1) is 0 Å². The lowest BCUT2D eigenvalue weighted by Gasteiger charge is -2.12. The van der Waals surface area contributed by atoms with Crippen molar-refractivity contribution >= 4 is 23.5 Å². The van der Waals surface area contributed by atoms with Crippen LogP contribution in [0.4, 0.5) is 0 Å². The Morgan fingerprint density at radius 1 is 0.810 bits per heavy atom. The van der Waals surface area contributed by atoms with Gasteiger partial charge in [-0.2, -0.15) is 11.8 Å². The minimum atomic E-state index is 1.29. The highest BCUT2D eigenvalue weighted by Gasteiger charge is 2.10. The molecule has 0 amide bonds. The molecule has 1 rings (SSSR count). The lowest BCUT2D eigenvalue weighted by molar-refractivity contribution is 0.344. The fourth-order valence-corrected chi connectivity index (χ4v) is 4.84. The van der Waals surface area contributed by atoms with Gasteiger partial charge in [-0.3, -0.25) is 4.90 Å². The van der Waals surface area contributed by atoms with Gasteiger partial charge < -0.3 is 0 Å². The Bertz CT molecular complexity index is 205. The first-order chi connectivity index (χ1) is 10.4. The second-order valence-corrected chi connectivity index (χ2v) is 8.60. The predicted molar refractivity (Wildman–Crippen MR) is 103 cm³/mol. The third-order valence-corrected chi connectivity index (χ3v) is 6.40. The molecule has 0 aromatic rings. The largest absolute Gasteiger partial charge is 0.293 e. The zero-order valence-electron chi connectivity index (χ0n) is 14.3. The van der Waals surface area contributed by atoms with Crippen molar-refractivity contribution in [3.8, 4) is 0 Å². The molecule has 0 unspecified atom stereocenters. The Morgan fingerprint density at radius 2 is 1.43 bits per heavy atom. The van der Waals surface area contributed by atoms with Gasteiger partial charge in [0.2, 0.25) is 0 Å². The SMILES string of the molecule is CCCCCCCCCSCCCCCCN1CCSC1. The molecule has 126 valence electrons. The van der Waals surface area contributed by atoms with Crippen LogP contribution in [0.3, 0.4) is 0 Å². The number of unbranched alkanes of at least 4 members (excludes halogenated alkanes) is 9. The van der Waals surface area contributed by atoms with Crippen LogP contribution in [0.1, 0.15) is 77.6 Å². The second-order valence-electron chi connectivity index (χ2n) is 6.30. The first-order valence-electron chi connectivity index (χ1n) is 9.31. The lowest BCUT2D eigenvalue weighted by atomic mass is 10.1. The Labute approximate surface area is 142 Å². The first-order valence-corrected chi connectivity index (χ1v) is 11.6. The van der Waals surface area contributed by atoms with Gasteiger partial charge in [-0.05, 0) is 37.3 Å². The van der Waals surface area contributed by atoms with E-state index in [-0.39, 0.29) is 0 Å². The summed E-state index contributed by atoms with van der Waals surface area (Å²) in [7, 11) is 0. The molecule has 21 heavy (non-hydrogen) atoms. The van der Waals surface area contributed by atoms with Gasteiger partial charge >= 0.3 is 0 Å². The average Bonchev–Trinajstić information content (AvgIpc) is 3.01. The Balaban J connectivity index is 1.65. The molecule has 1 heterocycles. The van der Waals surface area contributed by atoms with Crippen LogP contribution in [0.5, 0.6) is 0 Å². The van der Waals surface area contributed by atoms with Crippen molar-refractivity contribution in [2.45, 2.75) is 77.6 Å². The summed E-state index contributed by atoms with van der Waals surface area (Å²) in [6.07, 6.45) is 15.9. The van der Waals surface area contributed by atoms with Crippen LogP contribution in [-0.4, -0.2) is 41.1 Å². The molecule has 0 saturated carbocycles. The topological polar surface area (TPSA) is 3.24 Å². The molecule has 1 aliphatic heterocycles. The molecule has 0 aromatic heterocycles. The minimum absolute atomic E-state index is 1.29. The molecule has 0 spiro atoms. The van der Waals surface area contributed by atoms with Crippen LogP contribution in [0, 0.1) is 0 Å². The van der Waals surface area contributed by atoms with Gasteiger partial charge in [0.15, 0.2) is 0 Å². The molecule has 0 radical (unpaired) electrons. The van der Waals surface area contributed by atoms with Crippen LogP contribution in [0.15, 0.2) is 0 Å². The number of thioether (sulfide) groups is 2. The molecule has 1 aliphatic rings. The summed E-state index contributed by atoms with van der Waals surface area (Å²) < 4.78 is 0. The van der Waals surface area contributed by atoms with Crippen LogP contribution in [0.25, 0.3) is 0 Å². The molecular weight excluding hydrogens is 294 g/mol. The zero-order valence-corrected chi connectivity index (χ0v) is 15.9. The number of nitrogens with zero attached hydrogens (tertiary/aromatic N) is 1. The molecule has 1 fully saturated rings. The fourth-order valence-electron chi connectivity index (χ4n) is 2.78. The van der Waals surface area contributed by atoms with E-state index in [0.717, 1.165) is 0 Å². The van der Waals surface area contributed by atoms with Crippen molar-refractivity contribution in [3.63, 3.8) is 0 Å². The zero-order chi connectivity index (χ0) is 15.0. The molecule has 0 aromatic carbocycles. The highest BCUT2D eigenvalue weighted by atomic mass is 32.2. The molecule has 0 bridgehead atoms. The molecular formula is C18H37NS2. The maximum atomic E-state index is 2.61. The van der Waals surface area contributed by atoms with Crippen molar-refractivity contribution < 1.29 is 0 Å². The molecule has 1 nitrogen and oxygen atoms in total. The maximum absolute atomic E-state index is 2.61. The highest BCUT2D eigenvalue weighted by molar-refractivity contribution is 7.99. The standard InChI is InChI=1S/C18H37NS2/c1-2-3-4-5-6-8-11-15-20-16-12-9-7-10-13-19-14-17-21-18-19/h2-18H2,1H3. The van der Waals surface area contributed by atoms with E-state index in [1.165, 1.54) is 107 Å². The normalized spacial score (nSPS) is 15.9. The van der Waals surface area contributed by atoms with E-state index in [1.807, 2.05) is 0 Å². The van der Waals surface area contributed by atoms with Gasteiger partial charge in [-0.25, -0.2) is 0 Å². The molecule has 3 heteroatoms. The van der Waals surface area contributed by atoms with Gasteiger partial charge in [0, 0.05) is 18.2 Å². The van der Waals surface area contributed by atoms with Crippen LogP contribution in [0.2, 0.25) is 0 Å². The van der Waals surface area contributed by atoms with E-state index in [2.05, 4.69) is 35.3 Å². The third kappa shape index (κ3) is 12.9. The minimum Gasteiger partial charge on any atom is -0.293 e. The maximum Gasteiger partial charge on any atom is 0.0445 e. The first kappa shape index (κ1) is 19.7. The second kappa shape index (κ2) is 15.6. The predicted octanol–water partition coefficient (Wildman–Crippen LogP) is 6.04. The number of hydrogen-bond acceptors (Lipinski definition) is 3. The lowest BCUT2D eigenvalue weighted by Crippen LogP contribution is -2.20. The van der Waals surface area contributed by atoms with Gasteiger partial charge in [-0.15, -0.1) is 11.8 Å². The summed E-state index contributed by atoms with van der Waals surface area (Å²) >= 11 is 4.28. The van der Waals surface area contributed by atoms with Crippen LogP contribution < -0.4 is 0 Å². The Kier molecular flexibility index (Phi) is 14.6.